The van der Waals surface area contributed by atoms with Crippen molar-refractivity contribution >= 4 is 46.1 Å². The van der Waals surface area contributed by atoms with Crippen LogP contribution in [0.3, 0.4) is 0 Å². The summed E-state index contributed by atoms with van der Waals surface area (Å²) in [5.41, 5.74) is 4.89. The number of rotatable bonds is 7. The van der Waals surface area contributed by atoms with Crippen LogP contribution < -0.4 is 14.5 Å². The topological polar surface area (TPSA) is 129 Å². The first kappa shape index (κ1) is 31.9. The normalized spacial score (nSPS) is 23.3. The summed E-state index contributed by atoms with van der Waals surface area (Å²) in [6.45, 7) is 3.74. The molecule has 7 rings (SSSR count). The van der Waals surface area contributed by atoms with Gasteiger partial charge in [-0.3, -0.25) is 24.1 Å². The van der Waals surface area contributed by atoms with E-state index in [0.717, 1.165) is 11.3 Å². The smallest absolute Gasteiger partial charge is 0.238 e. The maximum Gasteiger partial charge on any atom is 0.238 e. The van der Waals surface area contributed by atoms with Crippen molar-refractivity contribution in [1.82, 2.24) is 0 Å². The predicted molar refractivity (Wildman–Crippen MR) is 184 cm³/mol. The average Bonchev–Trinajstić information content (AvgIpc) is 3.36. The predicted octanol–water partition coefficient (Wildman–Crippen LogP) is 6.91. The monoisotopic (exact) mass is 656 g/mol. The summed E-state index contributed by atoms with van der Waals surface area (Å²) >= 11 is 0. The standard InChI is InChI=1S/C39H36N4O6/c1-5-49-32-8-6-7-27(37(32)46)33-26-17-18-28-34(29(26)20-30-31(44)19-21(2)36(45)35(30)33)39(48)43(38(28)47)25-15-11-23(12-16-25)41-40-22-9-13-24(14-10-22)42(3)4/h6-17,19,28-29,33-34,46H,5,18,20H2,1-4H3/t28-,29+,33+,34-/m0/s1. The largest absolute Gasteiger partial charge is 0.504 e. The molecule has 0 unspecified atom stereocenters. The molecule has 10 nitrogen and oxygen atoms in total. The number of carbonyl (C=O) groups is 4. The van der Waals surface area contributed by atoms with E-state index >= 15 is 0 Å². The molecule has 4 aliphatic rings. The molecular weight excluding hydrogens is 620 g/mol. The Morgan fingerprint density at radius 3 is 2.22 bits per heavy atom. The van der Waals surface area contributed by atoms with E-state index in [-0.39, 0.29) is 41.3 Å². The number of anilines is 2. The Morgan fingerprint density at radius 1 is 0.898 bits per heavy atom. The number of Topliss-reactive ketones (excluding diaryl/α,β-unsaturated/α-hetero) is 1. The van der Waals surface area contributed by atoms with Crippen LogP contribution in [0.2, 0.25) is 0 Å². The van der Waals surface area contributed by atoms with E-state index in [2.05, 4.69) is 10.2 Å². The minimum atomic E-state index is -0.768. The summed E-state index contributed by atoms with van der Waals surface area (Å²) in [5, 5.41) is 20.0. The first-order chi connectivity index (χ1) is 23.6. The maximum absolute atomic E-state index is 14.3. The van der Waals surface area contributed by atoms with Gasteiger partial charge in [0.25, 0.3) is 0 Å². The molecule has 49 heavy (non-hydrogen) atoms. The fourth-order valence-electron chi connectivity index (χ4n) is 7.62. The van der Waals surface area contributed by atoms with E-state index in [9.17, 15) is 24.3 Å². The number of phenols is 1. The fraction of sp³-hybridized carbons (Fsp3) is 0.282. The van der Waals surface area contributed by atoms with E-state index in [4.69, 9.17) is 4.74 Å². The van der Waals surface area contributed by atoms with Crippen molar-refractivity contribution in [2.75, 3.05) is 30.5 Å². The lowest BCUT2D eigenvalue weighted by atomic mass is 9.59. The Morgan fingerprint density at radius 2 is 1.57 bits per heavy atom. The highest BCUT2D eigenvalue weighted by Gasteiger charge is 2.57. The molecule has 0 bridgehead atoms. The van der Waals surface area contributed by atoms with Gasteiger partial charge >= 0.3 is 0 Å². The Labute approximate surface area is 284 Å². The molecular formula is C39H36N4O6. The highest BCUT2D eigenvalue weighted by atomic mass is 16.5. The third-order valence-corrected chi connectivity index (χ3v) is 9.96. The van der Waals surface area contributed by atoms with Gasteiger partial charge in [0.2, 0.25) is 11.8 Å². The van der Waals surface area contributed by atoms with Crippen molar-refractivity contribution in [2.24, 2.45) is 28.0 Å². The fourth-order valence-corrected chi connectivity index (χ4v) is 7.62. The van der Waals surface area contributed by atoms with Crippen LogP contribution >= 0.6 is 0 Å². The highest BCUT2D eigenvalue weighted by Crippen LogP contribution is 2.57. The number of phenolic OH excluding ortho intramolecular Hbond substituents is 1. The minimum Gasteiger partial charge on any atom is -0.504 e. The summed E-state index contributed by atoms with van der Waals surface area (Å²) in [7, 11) is 3.93. The van der Waals surface area contributed by atoms with Crippen LogP contribution in [0, 0.1) is 17.8 Å². The van der Waals surface area contributed by atoms with Crippen LogP contribution in [-0.4, -0.2) is 49.2 Å². The van der Waals surface area contributed by atoms with Gasteiger partial charge in [-0.15, -0.1) is 0 Å². The summed E-state index contributed by atoms with van der Waals surface area (Å²) in [6.07, 6.45) is 3.72. The number of imide groups is 1. The quantitative estimate of drug-likeness (QED) is 0.127. The first-order valence-electron chi connectivity index (χ1n) is 16.4. The van der Waals surface area contributed by atoms with E-state index in [0.29, 0.717) is 52.4 Å². The number of azo groups is 1. The van der Waals surface area contributed by atoms with E-state index in [1.807, 2.05) is 56.3 Å². The van der Waals surface area contributed by atoms with Gasteiger partial charge in [-0.2, -0.15) is 10.2 Å². The van der Waals surface area contributed by atoms with Gasteiger partial charge in [0.05, 0.1) is 35.5 Å². The Kier molecular flexibility index (Phi) is 8.10. The number of allylic oxidation sites excluding steroid dienone is 6. The molecule has 4 atom stereocenters. The molecule has 1 N–H and O–H groups in total. The molecule has 1 aliphatic heterocycles. The molecule has 3 aromatic carbocycles. The lowest BCUT2D eigenvalue weighted by Crippen LogP contribution is -2.39. The Balaban J connectivity index is 1.21. The summed E-state index contributed by atoms with van der Waals surface area (Å²) in [6, 6.07) is 19.6. The highest BCUT2D eigenvalue weighted by molar-refractivity contribution is 6.25. The second-order valence-electron chi connectivity index (χ2n) is 13.0. The van der Waals surface area contributed by atoms with Gasteiger partial charge in [0, 0.05) is 48.0 Å². The molecule has 10 heteroatoms. The number of para-hydroxylation sites is 1. The van der Waals surface area contributed by atoms with Crippen molar-refractivity contribution in [3.8, 4) is 11.5 Å². The summed E-state index contributed by atoms with van der Waals surface area (Å²) in [4.78, 5) is 58.5. The second-order valence-corrected chi connectivity index (χ2v) is 13.0. The van der Waals surface area contributed by atoms with Crippen LogP contribution in [-0.2, 0) is 19.2 Å². The van der Waals surface area contributed by atoms with Crippen molar-refractivity contribution in [3.63, 3.8) is 0 Å². The molecule has 2 amide bonds. The molecule has 0 aromatic heterocycles. The van der Waals surface area contributed by atoms with Crippen LogP contribution in [0.15, 0.2) is 111 Å². The molecule has 1 fully saturated rings. The van der Waals surface area contributed by atoms with Crippen LogP contribution in [0.25, 0.3) is 0 Å². The molecule has 3 aromatic rings. The minimum absolute atomic E-state index is 0.115. The molecule has 0 spiro atoms. The first-order valence-corrected chi connectivity index (χ1v) is 16.4. The van der Waals surface area contributed by atoms with Crippen LogP contribution in [0.5, 0.6) is 11.5 Å². The van der Waals surface area contributed by atoms with Crippen molar-refractivity contribution in [3.05, 3.63) is 107 Å². The molecule has 1 heterocycles. The number of amides is 2. The molecule has 1 saturated heterocycles. The van der Waals surface area contributed by atoms with Crippen molar-refractivity contribution < 1.29 is 29.0 Å². The van der Waals surface area contributed by atoms with Gasteiger partial charge in [-0.1, -0.05) is 23.8 Å². The van der Waals surface area contributed by atoms with Crippen molar-refractivity contribution in [2.45, 2.75) is 32.6 Å². The number of fused-ring (bicyclic) bond motifs is 3. The lowest BCUT2D eigenvalue weighted by molar-refractivity contribution is -0.123. The third kappa shape index (κ3) is 5.37. The summed E-state index contributed by atoms with van der Waals surface area (Å²) < 4.78 is 5.66. The molecule has 0 radical (unpaired) electrons. The van der Waals surface area contributed by atoms with Gasteiger partial charge in [0.1, 0.15) is 0 Å². The van der Waals surface area contributed by atoms with Gasteiger partial charge in [0.15, 0.2) is 23.1 Å². The van der Waals surface area contributed by atoms with Gasteiger partial charge in [-0.25, -0.2) is 0 Å². The van der Waals surface area contributed by atoms with Gasteiger partial charge in [-0.05, 0) is 93.3 Å². The lowest BCUT2D eigenvalue weighted by Gasteiger charge is -2.42. The van der Waals surface area contributed by atoms with Gasteiger partial charge < -0.3 is 14.7 Å². The van der Waals surface area contributed by atoms with E-state index < -0.39 is 23.7 Å². The molecule has 248 valence electrons. The summed E-state index contributed by atoms with van der Waals surface area (Å²) in [5.74, 6) is -3.70. The van der Waals surface area contributed by atoms with E-state index in [1.165, 1.54) is 11.0 Å². The average molecular weight is 657 g/mol. The van der Waals surface area contributed by atoms with Crippen molar-refractivity contribution in [1.29, 1.82) is 0 Å². The zero-order valence-corrected chi connectivity index (χ0v) is 27.7. The van der Waals surface area contributed by atoms with Crippen LogP contribution in [0.4, 0.5) is 22.7 Å². The molecule has 0 saturated carbocycles. The maximum atomic E-state index is 14.3. The zero-order valence-electron chi connectivity index (χ0n) is 27.7. The number of benzene rings is 3. The number of ether oxygens (including phenoxy) is 1. The van der Waals surface area contributed by atoms with Crippen LogP contribution in [0.1, 0.15) is 38.2 Å². The molecule has 3 aliphatic carbocycles. The Hall–Kier alpha value is -5.64. The number of hydrogen-bond donors (Lipinski definition) is 1. The Bertz CT molecular complexity index is 2020. The SMILES string of the molecule is CCOc1cccc([C@H]2C3=CC[C@@H]4C(=O)N(c5ccc(N=Nc6ccc(N(C)C)cc6)cc5)C(=O)[C@@H]4[C@@H]3CC3=C2C(=O)C(C)=CC3=O)c1O. The number of carbonyl (C=O) groups excluding carboxylic acids is 4. The number of ketones is 2. The number of nitrogens with zero attached hydrogens (tertiary/aromatic N) is 4. The van der Waals surface area contributed by atoms with E-state index in [1.54, 1.807) is 49.4 Å². The number of aromatic hydroxyl groups is 1. The second kappa shape index (κ2) is 12.4. The third-order valence-electron chi connectivity index (χ3n) is 9.96. The number of hydrogen-bond acceptors (Lipinski definition) is 9. The zero-order chi connectivity index (χ0) is 34.6.